The molecule has 2 atom stereocenters. The minimum Gasteiger partial charge on any atom is -0.467 e. The van der Waals surface area contributed by atoms with Gasteiger partial charge in [0.15, 0.2) is 0 Å². The summed E-state index contributed by atoms with van der Waals surface area (Å²) in [4.78, 5) is 12.3. The second-order valence-electron chi connectivity index (χ2n) is 6.06. The molecule has 0 bridgehead atoms. The Balaban J connectivity index is 2.27. The quantitative estimate of drug-likeness (QED) is 0.859. The summed E-state index contributed by atoms with van der Waals surface area (Å²) in [6, 6.07) is 6.10. The predicted molar refractivity (Wildman–Crippen MR) is 76.9 cm³/mol. The summed E-state index contributed by atoms with van der Waals surface area (Å²) in [5.74, 6) is 0.380. The first-order valence-corrected chi connectivity index (χ1v) is 7.07. The number of hydrogen-bond acceptors (Lipinski definition) is 3. The topological polar surface area (TPSA) is 38.3 Å². The Labute approximate surface area is 119 Å². The van der Waals surface area contributed by atoms with E-state index in [1.165, 1.54) is 19.2 Å². The molecule has 4 heteroatoms. The summed E-state index contributed by atoms with van der Waals surface area (Å²) in [5, 5.41) is 3.29. The molecule has 2 unspecified atom stereocenters. The van der Waals surface area contributed by atoms with Gasteiger partial charge in [0.05, 0.1) is 7.11 Å². The highest BCUT2D eigenvalue weighted by atomic mass is 19.1. The van der Waals surface area contributed by atoms with E-state index in [2.05, 4.69) is 19.2 Å². The van der Waals surface area contributed by atoms with Gasteiger partial charge in [-0.15, -0.1) is 0 Å². The molecule has 0 amide bonds. The number of ether oxygens (including phenoxy) is 1. The molecule has 1 aromatic carbocycles. The highest BCUT2D eigenvalue weighted by Crippen LogP contribution is 2.39. The minimum atomic E-state index is -0.705. The highest BCUT2D eigenvalue weighted by molar-refractivity contribution is 5.84. The van der Waals surface area contributed by atoms with Crippen molar-refractivity contribution in [2.24, 2.45) is 11.8 Å². The van der Waals surface area contributed by atoms with Crippen LogP contribution in [0.15, 0.2) is 24.3 Å². The lowest BCUT2D eigenvalue weighted by Crippen LogP contribution is -2.52. The Hall–Kier alpha value is -1.58. The Kier molecular flexibility index (Phi) is 4.31. The summed E-state index contributed by atoms with van der Waals surface area (Å²) in [6.45, 7) is 4.30. The van der Waals surface area contributed by atoms with Gasteiger partial charge in [0.1, 0.15) is 11.4 Å². The van der Waals surface area contributed by atoms with Crippen molar-refractivity contribution in [3.63, 3.8) is 0 Å². The maximum absolute atomic E-state index is 13.0. The van der Waals surface area contributed by atoms with Crippen molar-refractivity contribution in [1.82, 2.24) is 0 Å². The zero-order valence-electron chi connectivity index (χ0n) is 12.3. The van der Waals surface area contributed by atoms with Crippen LogP contribution in [0.5, 0.6) is 0 Å². The normalized spacial score (nSPS) is 29.8. The minimum absolute atomic E-state index is 0.236. The number of methoxy groups -OCH3 is 1. The molecule has 1 aliphatic rings. The Bertz CT molecular complexity index is 462. The van der Waals surface area contributed by atoms with Crippen molar-refractivity contribution < 1.29 is 13.9 Å². The molecular weight excluding hydrogens is 257 g/mol. The van der Waals surface area contributed by atoms with E-state index in [0.29, 0.717) is 11.8 Å². The Morgan fingerprint density at radius 2 is 1.80 bits per heavy atom. The highest BCUT2D eigenvalue weighted by Gasteiger charge is 2.45. The summed E-state index contributed by atoms with van der Waals surface area (Å²) >= 11 is 0. The van der Waals surface area contributed by atoms with E-state index in [0.717, 1.165) is 24.9 Å². The van der Waals surface area contributed by atoms with E-state index in [1.54, 1.807) is 12.1 Å². The van der Waals surface area contributed by atoms with Crippen LogP contribution in [0.25, 0.3) is 0 Å². The molecule has 110 valence electrons. The van der Waals surface area contributed by atoms with Crippen LogP contribution < -0.4 is 5.32 Å². The number of nitrogens with one attached hydrogen (secondary N) is 1. The Morgan fingerprint density at radius 1 is 1.25 bits per heavy atom. The molecule has 0 aromatic heterocycles. The lowest BCUT2D eigenvalue weighted by molar-refractivity contribution is -0.148. The van der Waals surface area contributed by atoms with Crippen molar-refractivity contribution >= 4 is 11.7 Å². The van der Waals surface area contributed by atoms with Gasteiger partial charge in [-0.3, -0.25) is 0 Å². The number of esters is 1. The Morgan fingerprint density at radius 3 is 2.30 bits per heavy atom. The lowest BCUT2D eigenvalue weighted by atomic mass is 9.71. The van der Waals surface area contributed by atoms with Crippen LogP contribution in [-0.4, -0.2) is 18.6 Å². The van der Waals surface area contributed by atoms with E-state index in [-0.39, 0.29) is 11.8 Å². The van der Waals surface area contributed by atoms with Gasteiger partial charge in [-0.25, -0.2) is 9.18 Å². The number of rotatable bonds is 3. The third kappa shape index (κ3) is 3.11. The SMILES string of the molecule is COC(=O)C1(Nc2ccc(F)cc2)CC(C)CC(C)C1. The first-order chi connectivity index (χ1) is 9.45. The summed E-state index contributed by atoms with van der Waals surface area (Å²) < 4.78 is 18.0. The second kappa shape index (κ2) is 5.81. The molecule has 3 nitrogen and oxygen atoms in total. The monoisotopic (exact) mass is 279 g/mol. The lowest BCUT2D eigenvalue weighted by Gasteiger charge is -2.41. The molecule has 0 spiro atoms. The van der Waals surface area contributed by atoms with Gasteiger partial charge in [0, 0.05) is 5.69 Å². The van der Waals surface area contributed by atoms with Gasteiger partial charge in [-0.1, -0.05) is 13.8 Å². The fourth-order valence-electron chi connectivity index (χ4n) is 3.45. The van der Waals surface area contributed by atoms with Crippen molar-refractivity contribution in [3.8, 4) is 0 Å². The third-order valence-electron chi connectivity index (χ3n) is 4.00. The van der Waals surface area contributed by atoms with Crippen molar-refractivity contribution in [2.75, 3.05) is 12.4 Å². The standard InChI is InChI=1S/C16H22FNO2/c1-11-8-12(2)10-16(9-11,15(19)20-3)18-14-6-4-13(17)5-7-14/h4-7,11-12,18H,8-10H2,1-3H3. The molecule has 2 rings (SSSR count). The zero-order chi connectivity index (χ0) is 14.8. The molecule has 0 aliphatic heterocycles. The maximum Gasteiger partial charge on any atom is 0.331 e. The molecule has 1 aromatic rings. The first kappa shape index (κ1) is 14.8. The number of hydrogen-bond donors (Lipinski definition) is 1. The first-order valence-electron chi connectivity index (χ1n) is 7.07. The molecule has 0 heterocycles. The maximum atomic E-state index is 13.0. The van der Waals surface area contributed by atoms with Gasteiger partial charge < -0.3 is 10.1 Å². The summed E-state index contributed by atoms with van der Waals surface area (Å²) in [5.41, 5.74) is 0.0435. The molecule has 0 radical (unpaired) electrons. The average molecular weight is 279 g/mol. The molecule has 1 N–H and O–H groups in total. The van der Waals surface area contributed by atoms with E-state index in [9.17, 15) is 9.18 Å². The smallest absolute Gasteiger partial charge is 0.331 e. The van der Waals surface area contributed by atoms with Crippen LogP contribution in [0.4, 0.5) is 10.1 Å². The molecule has 1 fully saturated rings. The average Bonchev–Trinajstić information content (AvgIpc) is 2.39. The van der Waals surface area contributed by atoms with Gasteiger partial charge in [0.25, 0.3) is 0 Å². The molecule has 1 aliphatic carbocycles. The zero-order valence-corrected chi connectivity index (χ0v) is 12.3. The van der Waals surface area contributed by atoms with Crippen LogP contribution in [-0.2, 0) is 9.53 Å². The van der Waals surface area contributed by atoms with E-state index in [1.807, 2.05) is 0 Å². The molecule has 0 saturated heterocycles. The second-order valence-corrected chi connectivity index (χ2v) is 6.06. The van der Waals surface area contributed by atoms with Gasteiger partial charge >= 0.3 is 5.97 Å². The van der Waals surface area contributed by atoms with Crippen LogP contribution in [0.2, 0.25) is 0 Å². The van der Waals surface area contributed by atoms with Crippen molar-refractivity contribution in [1.29, 1.82) is 0 Å². The van der Waals surface area contributed by atoms with Crippen LogP contribution in [0, 0.1) is 17.7 Å². The largest absolute Gasteiger partial charge is 0.467 e. The molecule has 20 heavy (non-hydrogen) atoms. The fraction of sp³-hybridized carbons (Fsp3) is 0.562. The number of halogens is 1. The van der Waals surface area contributed by atoms with Crippen molar-refractivity contribution in [2.45, 2.75) is 38.6 Å². The molecule has 1 saturated carbocycles. The van der Waals surface area contributed by atoms with Crippen LogP contribution >= 0.6 is 0 Å². The fourth-order valence-corrected chi connectivity index (χ4v) is 3.45. The number of anilines is 1. The molecular formula is C16H22FNO2. The number of benzene rings is 1. The number of carbonyl (C=O) groups excluding carboxylic acids is 1. The van der Waals surface area contributed by atoms with Crippen LogP contribution in [0.3, 0.4) is 0 Å². The van der Waals surface area contributed by atoms with Gasteiger partial charge in [-0.05, 0) is 55.4 Å². The van der Waals surface area contributed by atoms with Crippen LogP contribution in [0.1, 0.15) is 33.1 Å². The summed E-state index contributed by atoms with van der Waals surface area (Å²) in [7, 11) is 1.42. The van der Waals surface area contributed by atoms with E-state index >= 15 is 0 Å². The number of carbonyl (C=O) groups is 1. The predicted octanol–water partition coefficient (Wildman–Crippen LogP) is 3.61. The third-order valence-corrected chi connectivity index (χ3v) is 4.00. The summed E-state index contributed by atoms with van der Waals surface area (Å²) in [6.07, 6.45) is 2.59. The van der Waals surface area contributed by atoms with Crippen molar-refractivity contribution in [3.05, 3.63) is 30.1 Å². The van der Waals surface area contributed by atoms with E-state index in [4.69, 9.17) is 4.74 Å². The van der Waals surface area contributed by atoms with Gasteiger partial charge in [-0.2, -0.15) is 0 Å². The van der Waals surface area contributed by atoms with Gasteiger partial charge in [0.2, 0.25) is 0 Å². The van der Waals surface area contributed by atoms with E-state index < -0.39 is 5.54 Å².